The summed E-state index contributed by atoms with van der Waals surface area (Å²) >= 11 is 12.2. The molecule has 0 fully saturated rings. The minimum atomic E-state index is -0.721. The number of hydrogen-bond donors (Lipinski definition) is 1. The Kier molecular flexibility index (Phi) is 7.84. The molecule has 0 saturated heterocycles. The Labute approximate surface area is 204 Å². The third kappa shape index (κ3) is 6.04. The van der Waals surface area contributed by atoms with Crippen molar-refractivity contribution in [1.82, 2.24) is 9.97 Å². The van der Waals surface area contributed by atoms with Crippen LogP contribution < -0.4 is 4.90 Å². The van der Waals surface area contributed by atoms with Crippen LogP contribution in [0.25, 0.3) is 22.5 Å². The molecule has 172 valence electrons. The number of anilines is 1. The van der Waals surface area contributed by atoms with Crippen molar-refractivity contribution >= 4 is 35.0 Å². The van der Waals surface area contributed by atoms with Gasteiger partial charge in [0, 0.05) is 40.7 Å². The van der Waals surface area contributed by atoms with Crippen LogP contribution in [0.2, 0.25) is 10.0 Å². The molecule has 5 nitrogen and oxygen atoms in total. The lowest BCUT2D eigenvalue weighted by Crippen LogP contribution is -2.32. The molecule has 0 saturated carbocycles. The smallest absolute Gasteiger partial charge is 0.303 e. The van der Waals surface area contributed by atoms with E-state index in [9.17, 15) is 4.79 Å². The average molecular weight is 484 g/mol. The van der Waals surface area contributed by atoms with Gasteiger partial charge in [-0.15, -0.1) is 0 Å². The number of hydrogen-bond acceptors (Lipinski definition) is 4. The van der Waals surface area contributed by atoms with E-state index in [1.165, 1.54) is 0 Å². The third-order valence-corrected chi connectivity index (χ3v) is 6.40. The molecule has 2 heterocycles. The van der Waals surface area contributed by atoms with Crippen molar-refractivity contribution in [2.75, 3.05) is 18.0 Å². The van der Waals surface area contributed by atoms with Gasteiger partial charge in [-0.3, -0.25) is 4.79 Å². The Bertz CT molecular complexity index is 1100. The van der Waals surface area contributed by atoms with Gasteiger partial charge in [0.15, 0.2) is 5.82 Å². The highest BCUT2D eigenvalue weighted by Crippen LogP contribution is 2.35. The third-order valence-electron chi connectivity index (χ3n) is 5.89. The number of aliphatic carboxylic acids is 1. The number of aromatic nitrogens is 2. The number of carboxylic acids is 1. The van der Waals surface area contributed by atoms with Gasteiger partial charge in [0.1, 0.15) is 0 Å². The lowest BCUT2D eigenvalue weighted by Gasteiger charge is -2.30. The summed E-state index contributed by atoms with van der Waals surface area (Å²) in [5, 5.41) is 10.2. The molecule has 0 aliphatic carbocycles. The Balaban J connectivity index is 1.62. The quantitative estimate of drug-likeness (QED) is 0.335. The van der Waals surface area contributed by atoms with Crippen molar-refractivity contribution in [2.45, 2.75) is 44.9 Å². The van der Waals surface area contributed by atoms with Crippen molar-refractivity contribution < 1.29 is 9.90 Å². The maximum absolute atomic E-state index is 10.7. The Morgan fingerprint density at radius 2 is 1.42 bits per heavy atom. The first-order valence-electron chi connectivity index (χ1n) is 11.4. The number of carbonyl (C=O) groups is 1. The van der Waals surface area contributed by atoms with Crippen molar-refractivity contribution in [3.05, 3.63) is 64.3 Å². The molecule has 0 unspecified atom stereocenters. The van der Waals surface area contributed by atoms with Crippen molar-refractivity contribution in [3.63, 3.8) is 0 Å². The number of unbranched alkanes of at least 4 members (excludes halogenated alkanes) is 3. The minimum Gasteiger partial charge on any atom is -0.481 e. The fourth-order valence-electron chi connectivity index (χ4n) is 4.19. The maximum atomic E-state index is 10.7. The summed E-state index contributed by atoms with van der Waals surface area (Å²) in [4.78, 5) is 23.3. The van der Waals surface area contributed by atoms with Gasteiger partial charge in [0.25, 0.3) is 0 Å². The number of halogens is 2. The molecule has 33 heavy (non-hydrogen) atoms. The van der Waals surface area contributed by atoms with Crippen LogP contribution in [0.3, 0.4) is 0 Å². The summed E-state index contributed by atoms with van der Waals surface area (Å²) in [5.74, 6) is 0.232. The molecule has 1 aliphatic rings. The SMILES string of the molecule is O=C(O)CCCCCCN1CCCc2nc(-c3ccc(Cl)cc3)c(-c3ccc(Cl)cc3)nc21. The largest absolute Gasteiger partial charge is 0.481 e. The van der Waals surface area contributed by atoms with Crippen LogP contribution in [0.1, 0.15) is 44.2 Å². The first-order valence-corrected chi connectivity index (χ1v) is 12.2. The molecule has 1 aliphatic heterocycles. The predicted molar refractivity (Wildman–Crippen MR) is 134 cm³/mol. The van der Waals surface area contributed by atoms with Crippen LogP contribution in [0, 0.1) is 0 Å². The van der Waals surface area contributed by atoms with Crippen molar-refractivity contribution in [1.29, 1.82) is 0 Å². The average Bonchev–Trinajstić information content (AvgIpc) is 2.81. The van der Waals surface area contributed by atoms with Gasteiger partial charge >= 0.3 is 5.97 Å². The van der Waals surface area contributed by atoms with E-state index in [0.29, 0.717) is 10.0 Å². The number of benzene rings is 2. The first kappa shape index (κ1) is 23.5. The van der Waals surface area contributed by atoms with Gasteiger partial charge in [0.05, 0.1) is 17.1 Å². The van der Waals surface area contributed by atoms with Crippen LogP contribution in [0.4, 0.5) is 5.82 Å². The summed E-state index contributed by atoms with van der Waals surface area (Å²) in [6.07, 6.45) is 5.88. The lowest BCUT2D eigenvalue weighted by atomic mass is 10.0. The molecular formula is C26H27Cl2N3O2. The molecule has 0 bridgehead atoms. The van der Waals surface area contributed by atoms with Gasteiger partial charge in [-0.1, -0.05) is 60.3 Å². The number of nitrogens with zero attached hydrogens (tertiary/aromatic N) is 3. The molecule has 3 aromatic rings. The summed E-state index contributed by atoms with van der Waals surface area (Å²) in [6, 6.07) is 15.4. The number of carboxylic acid groups (broad SMARTS) is 1. The predicted octanol–water partition coefficient (Wildman–Crippen LogP) is 6.91. The summed E-state index contributed by atoms with van der Waals surface area (Å²) in [6.45, 7) is 1.85. The standard InChI is InChI=1S/C26H27Cl2N3O2/c27-20-12-8-18(9-13-20)24-25(19-10-14-21(28)15-11-19)30-26-22(29-24)6-5-17-31(26)16-4-2-1-3-7-23(32)33/h8-15H,1-7,16-17H2,(H,32,33). The Morgan fingerprint density at radius 1 is 0.848 bits per heavy atom. The van der Waals surface area contributed by atoms with Crippen molar-refractivity contribution in [3.8, 4) is 22.5 Å². The molecule has 4 rings (SSSR count). The van der Waals surface area contributed by atoms with E-state index in [4.69, 9.17) is 38.3 Å². The molecule has 1 aromatic heterocycles. The molecule has 1 N–H and O–H groups in total. The molecule has 0 atom stereocenters. The molecule has 7 heteroatoms. The molecule has 0 radical (unpaired) electrons. The normalized spacial score (nSPS) is 13.1. The molecule has 0 amide bonds. The molecule has 0 spiro atoms. The Morgan fingerprint density at radius 3 is 2.03 bits per heavy atom. The van der Waals surface area contributed by atoms with Crippen LogP contribution in [-0.4, -0.2) is 34.1 Å². The van der Waals surface area contributed by atoms with E-state index in [-0.39, 0.29) is 6.42 Å². The van der Waals surface area contributed by atoms with E-state index in [1.54, 1.807) is 0 Å². The van der Waals surface area contributed by atoms with Gasteiger partial charge in [0.2, 0.25) is 0 Å². The minimum absolute atomic E-state index is 0.246. The van der Waals surface area contributed by atoms with Crippen molar-refractivity contribution in [2.24, 2.45) is 0 Å². The molecule has 2 aromatic carbocycles. The zero-order chi connectivity index (χ0) is 23.2. The summed E-state index contributed by atoms with van der Waals surface area (Å²) in [5.41, 5.74) is 4.66. The van der Waals surface area contributed by atoms with Crippen LogP contribution >= 0.6 is 23.2 Å². The van der Waals surface area contributed by atoms with E-state index in [0.717, 1.165) is 85.6 Å². The lowest BCUT2D eigenvalue weighted by molar-refractivity contribution is -0.137. The van der Waals surface area contributed by atoms with E-state index in [2.05, 4.69) is 4.90 Å². The zero-order valence-corrected chi connectivity index (χ0v) is 19.9. The summed E-state index contributed by atoms with van der Waals surface area (Å²) in [7, 11) is 0. The van der Waals surface area contributed by atoms with Gasteiger partial charge in [-0.25, -0.2) is 9.97 Å². The summed E-state index contributed by atoms with van der Waals surface area (Å²) < 4.78 is 0. The highest BCUT2D eigenvalue weighted by molar-refractivity contribution is 6.31. The van der Waals surface area contributed by atoms with Crippen LogP contribution in [-0.2, 0) is 11.2 Å². The van der Waals surface area contributed by atoms with E-state index < -0.39 is 5.97 Å². The highest BCUT2D eigenvalue weighted by atomic mass is 35.5. The number of rotatable bonds is 9. The highest BCUT2D eigenvalue weighted by Gasteiger charge is 2.23. The van der Waals surface area contributed by atoms with E-state index in [1.807, 2.05) is 48.5 Å². The van der Waals surface area contributed by atoms with Gasteiger partial charge < -0.3 is 10.0 Å². The number of fused-ring (bicyclic) bond motifs is 1. The number of aryl methyl sites for hydroxylation is 1. The first-order chi connectivity index (χ1) is 16.0. The second kappa shape index (κ2) is 11.0. The van der Waals surface area contributed by atoms with Crippen LogP contribution in [0.5, 0.6) is 0 Å². The maximum Gasteiger partial charge on any atom is 0.303 e. The fourth-order valence-corrected chi connectivity index (χ4v) is 4.45. The van der Waals surface area contributed by atoms with Gasteiger partial charge in [-0.2, -0.15) is 0 Å². The van der Waals surface area contributed by atoms with Gasteiger partial charge in [-0.05, 0) is 49.9 Å². The molecular weight excluding hydrogens is 457 g/mol. The van der Waals surface area contributed by atoms with E-state index >= 15 is 0 Å². The fraction of sp³-hybridized carbons (Fsp3) is 0.346. The Hall–Kier alpha value is -2.63. The zero-order valence-electron chi connectivity index (χ0n) is 18.4. The second-order valence-corrected chi connectivity index (χ2v) is 9.23. The topological polar surface area (TPSA) is 66.3 Å². The monoisotopic (exact) mass is 483 g/mol. The second-order valence-electron chi connectivity index (χ2n) is 8.35. The van der Waals surface area contributed by atoms with Crippen LogP contribution in [0.15, 0.2) is 48.5 Å².